The molecule has 4 nitrogen and oxygen atoms in total. The van der Waals surface area contributed by atoms with Gasteiger partial charge in [-0.1, -0.05) is 11.6 Å². The van der Waals surface area contributed by atoms with E-state index in [0.29, 0.717) is 5.02 Å². The first-order valence-electron chi connectivity index (χ1n) is 4.41. The molecule has 0 aliphatic carbocycles. The number of anilines is 1. The average Bonchev–Trinajstić information content (AvgIpc) is 2.69. The van der Waals surface area contributed by atoms with Gasteiger partial charge in [-0.25, -0.2) is 0 Å². The summed E-state index contributed by atoms with van der Waals surface area (Å²) in [6, 6.07) is 1.40. The van der Waals surface area contributed by atoms with Gasteiger partial charge >= 0.3 is 0 Å². The van der Waals surface area contributed by atoms with Gasteiger partial charge in [0.1, 0.15) is 0 Å². The lowest BCUT2D eigenvalue weighted by Gasteiger charge is -1.89. The van der Waals surface area contributed by atoms with Crippen molar-refractivity contribution < 1.29 is 4.74 Å². The van der Waals surface area contributed by atoms with E-state index in [-0.39, 0.29) is 11.2 Å². The topological polar surface area (TPSA) is 68.1 Å². The Hall–Kier alpha value is -1.00. The van der Waals surface area contributed by atoms with E-state index in [9.17, 15) is 4.79 Å². The first-order valence-corrected chi connectivity index (χ1v) is 4.79. The van der Waals surface area contributed by atoms with Crippen LogP contribution in [0.15, 0.2) is 17.1 Å². The number of ether oxygens (including phenoxy) is 1. The highest BCUT2D eigenvalue weighted by Gasteiger charge is 1.94. The SMILES string of the molecule is C1CCOC1.Nc1cc(Cl)c[nH]c1=O. The molecule has 1 aromatic heterocycles. The number of nitrogen functional groups attached to an aromatic ring is 1. The fourth-order valence-corrected chi connectivity index (χ4v) is 1.16. The van der Waals surface area contributed by atoms with Gasteiger partial charge in [-0.3, -0.25) is 4.79 Å². The van der Waals surface area contributed by atoms with Gasteiger partial charge in [0.15, 0.2) is 0 Å². The summed E-state index contributed by atoms with van der Waals surface area (Å²) in [4.78, 5) is 12.9. The monoisotopic (exact) mass is 216 g/mol. The van der Waals surface area contributed by atoms with Gasteiger partial charge in [-0.05, 0) is 18.9 Å². The van der Waals surface area contributed by atoms with E-state index in [2.05, 4.69) is 4.98 Å². The number of halogens is 1. The van der Waals surface area contributed by atoms with Crippen LogP contribution < -0.4 is 11.3 Å². The Kier molecular flexibility index (Phi) is 4.49. The molecule has 0 saturated carbocycles. The van der Waals surface area contributed by atoms with Crippen molar-refractivity contribution in [1.29, 1.82) is 0 Å². The van der Waals surface area contributed by atoms with Crippen LogP contribution in [-0.2, 0) is 4.74 Å². The van der Waals surface area contributed by atoms with E-state index in [1.54, 1.807) is 0 Å². The number of nitrogens with one attached hydrogen (secondary N) is 1. The minimum Gasteiger partial charge on any atom is -0.394 e. The minimum absolute atomic E-state index is 0.141. The lowest BCUT2D eigenvalue weighted by molar-refractivity contribution is 0.198. The molecule has 0 amide bonds. The Labute approximate surface area is 87.0 Å². The van der Waals surface area contributed by atoms with E-state index in [4.69, 9.17) is 22.1 Å². The van der Waals surface area contributed by atoms with Crippen molar-refractivity contribution in [3.8, 4) is 0 Å². The van der Waals surface area contributed by atoms with Gasteiger partial charge in [-0.15, -0.1) is 0 Å². The maximum Gasteiger partial charge on any atom is 0.271 e. The Morgan fingerprint density at radius 3 is 2.43 bits per heavy atom. The summed E-state index contributed by atoms with van der Waals surface area (Å²) < 4.78 is 4.94. The second kappa shape index (κ2) is 5.67. The molecule has 5 heteroatoms. The maximum atomic E-state index is 10.5. The molecule has 1 aromatic rings. The summed E-state index contributed by atoms with van der Waals surface area (Å²) in [5.41, 5.74) is 5.03. The molecule has 0 unspecified atom stereocenters. The maximum absolute atomic E-state index is 10.5. The zero-order valence-electron chi connectivity index (χ0n) is 7.75. The molecule has 2 heterocycles. The van der Waals surface area contributed by atoms with Crippen LogP contribution in [0.25, 0.3) is 0 Å². The number of rotatable bonds is 0. The summed E-state index contributed by atoms with van der Waals surface area (Å²) in [7, 11) is 0. The van der Waals surface area contributed by atoms with Crippen molar-refractivity contribution >= 4 is 17.3 Å². The number of hydrogen-bond donors (Lipinski definition) is 2. The molecule has 1 saturated heterocycles. The molecule has 1 fully saturated rings. The lowest BCUT2D eigenvalue weighted by Crippen LogP contribution is -2.09. The van der Waals surface area contributed by atoms with Crippen molar-refractivity contribution in [3.05, 3.63) is 27.6 Å². The zero-order valence-corrected chi connectivity index (χ0v) is 8.51. The van der Waals surface area contributed by atoms with Crippen LogP contribution in [0.1, 0.15) is 12.8 Å². The average molecular weight is 217 g/mol. The van der Waals surface area contributed by atoms with Crippen molar-refractivity contribution in [1.82, 2.24) is 4.98 Å². The predicted octanol–water partition coefficient (Wildman–Crippen LogP) is 1.41. The highest BCUT2D eigenvalue weighted by Crippen LogP contribution is 2.04. The largest absolute Gasteiger partial charge is 0.394 e. The molecule has 0 aromatic carbocycles. The van der Waals surface area contributed by atoms with Gasteiger partial charge in [-0.2, -0.15) is 0 Å². The summed E-state index contributed by atoms with van der Waals surface area (Å²) in [5, 5.41) is 0.437. The van der Waals surface area contributed by atoms with Crippen molar-refractivity contribution in [2.75, 3.05) is 18.9 Å². The zero-order chi connectivity index (χ0) is 10.4. The van der Waals surface area contributed by atoms with E-state index >= 15 is 0 Å². The van der Waals surface area contributed by atoms with Crippen molar-refractivity contribution in [2.24, 2.45) is 0 Å². The van der Waals surface area contributed by atoms with Gasteiger partial charge < -0.3 is 15.5 Å². The van der Waals surface area contributed by atoms with E-state index in [1.807, 2.05) is 0 Å². The van der Waals surface area contributed by atoms with Crippen LogP contribution in [0.4, 0.5) is 5.69 Å². The Balaban J connectivity index is 0.000000165. The summed E-state index contributed by atoms with van der Waals surface area (Å²) in [6.45, 7) is 2.00. The molecule has 0 spiro atoms. The number of pyridine rings is 1. The van der Waals surface area contributed by atoms with Crippen LogP contribution >= 0.6 is 11.6 Å². The Bertz CT molecular complexity index is 326. The van der Waals surface area contributed by atoms with Crippen molar-refractivity contribution in [2.45, 2.75) is 12.8 Å². The first kappa shape index (κ1) is 11.1. The number of aromatic amines is 1. The summed E-state index contributed by atoms with van der Waals surface area (Å²) in [5.74, 6) is 0. The molecule has 78 valence electrons. The number of hydrogen-bond acceptors (Lipinski definition) is 3. The van der Waals surface area contributed by atoms with Crippen LogP contribution in [0.3, 0.4) is 0 Å². The molecule has 0 bridgehead atoms. The van der Waals surface area contributed by atoms with E-state index < -0.39 is 0 Å². The highest BCUT2D eigenvalue weighted by atomic mass is 35.5. The highest BCUT2D eigenvalue weighted by molar-refractivity contribution is 6.30. The Morgan fingerprint density at radius 1 is 1.43 bits per heavy atom. The minimum atomic E-state index is -0.306. The molecule has 3 N–H and O–H groups in total. The van der Waals surface area contributed by atoms with E-state index in [0.717, 1.165) is 13.2 Å². The standard InChI is InChI=1S/C5H5ClN2O.C4H8O/c6-3-1-4(7)5(9)8-2-3;1-2-4-5-3-1/h1-2H,7H2,(H,8,9);1-4H2. The first-order chi connectivity index (χ1) is 6.70. The molecule has 2 rings (SSSR count). The molecular weight excluding hydrogens is 204 g/mol. The Morgan fingerprint density at radius 2 is 2.07 bits per heavy atom. The number of aromatic nitrogens is 1. The third-order valence-corrected chi connectivity index (χ3v) is 1.94. The second-order valence-corrected chi connectivity index (χ2v) is 3.36. The molecule has 14 heavy (non-hydrogen) atoms. The number of H-pyrrole nitrogens is 1. The second-order valence-electron chi connectivity index (χ2n) is 2.92. The molecule has 0 atom stereocenters. The fraction of sp³-hybridized carbons (Fsp3) is 0.444. The number of nitrogens with two attached hydrogens (primary N) is 1. The molecular formula is C9H13ClN2O2. The normalized spacial score (nSPS) is 14.6. The van der Waals surface area contributed by atoms with Crippen LogP contribution in [0.5, 0.6) is 0 Å². The summed E-state index contributed by atoms with van der Waals surface area (Å²) >= 11 is 5.47. The van der Waals surface area contributed by atoms with Crippen LogP contribution in [0, 0.1) is 0 Å². The lowest BCUT2D eigenvalue weighted by atomic mass is 10.4. The molecule has 1 aliphatic heterocycles. The smallest absolute Gasteiger partial charge is 0.271 e. The van der Waals surface area contributed by atoms with Crippen molar-refractivity contribution in [3.63, 3.8) is 0 Å². The third-order valence-electron chi connectivity index (χ3n) is 1.72. The fourth-order valence-electron chi connectivity index (χ4n) is 0.984. The van der Waals surface area contributed by atoms with Crippen LogP contribution in [-0.4, -0.2) is 18.2 Å². The summed E-state index contributed by atoms with van der Waals surface area (Å²) in [6.07, 6.45) is 3.94. The predicted molar refractivity (Wildman–Crippen MR) is 56.5 cm³/mol. The van der Waals surface area contributed by atoms with Gasteiger partial charge in [0.2, 0.25) is 0 Å². The van der Waals surface area contributed by atoms with Crippen LogP contribution in [0.2, 0.25) is 5.02 Å². The van der Waals surface area contributed by atoms with Gasteiger partial charge in [0.05, 0.1) is 10.7 Å². The quantitative estimate of drug-likeness (QED) is 0.689. The molecule has 1 aliphatic rings. The molecule has 0 radical (unpaired) electrons. The van der Waals surface area contributed by atoms with Gasteiger partial charge in [0, 0.05) is 19.4 Å². The van der Waals surface area contributed by atoms with Gasteiger partial charge in [0.25, 0.3) is 5.56 Å². The third kappa shape index (κ3) is 3.81. The van der Waals surface area contributed by atoms with E-state index in [1.165, 1.54) is 25.1 Å².